The first-order valence-electron chi connectivity index (χ1n) is 11.8. The molecule has 0 saturated carbocycles. The minimum atomic E-state index is -0.616. The number of carbonyl (C=O) groups excluding carboxylic acids is 4. The molecule has 0 N–H and O–H groups in total. The Morgan fingerprint density at radius 2 is 0.632 bits per heavy atom. The van der Waals surface area contributed by atoms with Gasteiger partial charge in [0.15, 0.2) is 0 Å². The Kier molecular flexibility index (Phi) is 6.32. The SMILES string of the molecule is COC(=O)c1cc2cc3c(cc2cc1C(=O)OC)Cc1cc2cc(C(=O)OC)c(C(=O)OC)cc2cc1C3. The zero-order valence-electron chi connectivity index (χ0n) is 21.3. The lowest BCUT2D eigenvalue weighted by atomic mass is 9.82. The van der Waals surface area contributed by atoms with Crippen LogP contribution in [0.25, 0.3) is 21.5 Å². The van der Waals surface area contributed by atoms with Gasteiger partial charge in [-0.05, 0) is 80.9 Å². The van der Waals surface area contributed by atoms with Crippen molar-refractivity contribution in [3.8, 4) is 0 Å². The average molecular weight is 513 g/mol. The van der Waals surface area contributed by atoms with Crippen LogP contribution < -0.4 is 0 Å². The maximum Gasteiger partial charge on any atom is 0.338 e. The second-order valence-corrected chi connectivity index (χ2v) is 9.05. The van der Waals surface area contributed by atoms with Crippen LogP contribution in [0.4, 0.5) is 0 Å². The number of fused-ring (bicyclic) bond motifs is 4. The van der Waals surface area contributed by atoms with Crippen LogP contribution in [0.3, 0.4) is 0 Å². The van der Waals surface area contributed by atoms with E-state index in [-0.39, 0.29) is 22.3 Å². The highest BCUT2D eigenvalue weighted by atomic mass is 16.5. The zero-order chi connectivity index (χ0) is 27.1. The first kappa shape index (κ1) is 25.0. The molecule has 0 unspecified atom stereocenters. The van der Waals surface area contributed by atoms with Gasteiger partial charge < -0.3 is 18.9 Å². The van der Waals surface area contributed by atoms with Crippen LogP contribution in [0.2, 0.25) is 0 Å². The van der Waals surface area contributed by atoms with Crippen molar-refractivity contribution >= 4 is 45.4 Å². The molecule has 8 heteroatoms. The van der Waals surface area contributed by atoms with Crippen LogP contribution in [0.15, 0.2) is 48.5 Å². The molecule has 0 spiro atoms. The van der Waals surface area contributed by atoms with Crippen molar-refractivity contribution in [3.63, 3.8) is 0 Å². The molecule has 192 valence electrons. The molecule has 1 aliphatic carbocycles. The molecule has 0 radical (unpaired) electrons. The molecule has 0 aromatic heterocycles. The Balaban J connectivity index is 1.63. The van der Waals surface area contributed by atoms with Gasteiger partial charge in [-0.15, -0.1) is 0 Å². The molecule has 0 atom stereocenters. The Labute approximate surface area is 218 Å². The van der Waals surface area contributed by atoms with E-state index in [9.17, 15) is 19.2 Å². The molecule has 8 nitrogen and oxygen atoms in total. The summed E-state index contributed by atoms with van der Waals surface area (Å²) < 4.78 is 19.5. The monoisotopic (exact) mass is 512 g/mol. The van der Waals surface area contributed by atoms with Gasteiger partial charge >= 0.3 is 23.9 Å². The van der Waals surface area contributed by atoms with Crippen molar-refractivity contribution in [3.05, 3.63) is 93.0 Å². The third-order valence-corrected chi connectivity index (χ3v) is 6.97. The Hall–Kier alpha value is -4.72. The van der Waals surface area contributed by atoms with Crippen molar-refractivity contribution in [2.75, 3.05) is 28.4 Å². The lowest BCUT2D eigenvalue weighted by Crippen LogP contribution is -2.13. The molecule has 0 heterocycles. The molecule has 1 aliphatic rings. The molecule has 0 saturated heterocycles. The summed E-state index contributed by atoms with van der Waals surface area (Å²) in [5, 5.41) is 3.21. The molecule has 38 heavy (non-hydrogen) atoms. The van der Waals surface area contributed by atoms with Crippen LogP contribution in [-0.4, -0.2) is 52.3 Å². The van der Waals surface area contributed by atoms with Crippen LogP contribution in [-0.2, 0) is 31.8 Å². The molecule has 0 fully saturated rings. The molecular weight excluding hydrogens is 488 g/mol. The normalized spacial score (nSPS) is 11.9. The maximum absolute atomic E-state index is 12.4. The third-order valence-electron chi connectivity index (χ3n) is 6.97. The largest absolute Gasteiger partial charge is 0.465 e. The molecule has 5 rings (SSSR count). The first-order chi connectivity index (χ1) is 18.3. The number of hydrogen-bond acceptors (Lipinski definition) is 8. The number of benzene rings is 4. The highest BCUT2D eigenvalue weighted by Crippen LogP contribution is 2.35. The molecular formula is C30H24O8. The fourth-order valence-electron chi connectivity index (χ4n) is 5.07. The van der Waals surface area contributed by atoms with Crippen LogP contribution in [0.5, 0.6) is 0 Å². The van der Waals surface area contributed by atoms with Gasteiger partial charge in [-0.3, -0.25) is 0 Å². The number of hydrogen-bond donors (Lipinski definition) is 0. The van der Waals surface area contributed by atoms with Crippen molar-refractivity contribution in [2.24, 2.45) is 0 Å². The highest BCUT2D eigenvalue weighted by molar-refractivity contribution is 6.08. The fraction of sp³-hybridized carbons (Fsp3) is 0.200. The molecule has 0 amide bonds. The molecule has 0 bridgehead atoms. The Morgan fingerprint density at radius 3 is 0.816 bits per heavy atom. The van der Waals surface area contributed by atoms with E-state index in [1.165, 1.54) is 28.4 Å². The zero-order valence-corrected chi connectivity index (χ0v) is 21.3. The molecule has 0 aliphatic heterocycles. The van der Waals surface area contributed by atoms with Gasteiger partial charge in [-0.1, -0.05) is 24.3 Å². The van der Waals surface area contributed by atoms with Crippen molar-refractivity contribution in [1.29, 1.82) is 0 Å². The Morgan fingerprint density at radius 1 is 0.421 bits per heavy atom. The minimum absolute atomic E-state index is 0.144. The lowest BCUT2D eigenvalue weighted by Gasteiger charge is -2.22. The smallest absolute Gasteiger partial charge is 0.338 e. The van der Waals surface area contributed by atoms with Gasteiger partial charge in [0, 0.05) is 0 Å². The van der Waals surface area contributed by atoms with E-state index in [1.54, 1.807) is 24.3 Å². The van der Waals surface area contributed by atoms with Crippen molar-refractivity contribution in [1.82, 2.24) is 0 Å². The van der Waals surface area contributed by atoms with E-state index in [2.05, 4.69) is 0 Å². The number of rotatable bonds is 4. The van der Waals surface area contributed by atoms with Crippen molar-refractivity contribution in [2.45, 2.75) is 12.8 Å². The number of carbonyl (C=O) groups is 4. The minimum Gasteiger partial charge on any atom is -0.465 e. The van der Waals surface area contributed by atoms with Gasteiger partial charge in [-0.25, -0.2) is 19.2 Å². The summed E-state index contributed by atoms with van der Waals surface area (Å²) >= 11 is 0. The Bertz CT molecular complexity index is 1440. The quantitative estimate of drug-likeness (QED) is 0.253. The maximum atomic E-state index is 12.4. The first-order valence-corrected chi connectivity index (χ1v) is 11.8. The van der Waals surface area contributed by atoms with Crippen LogP contribution >= 0.6 is 0 Å². The summed E-state index contributed by atoms with van der Waals surface area (Å²) in [5.41, 5.74) is 4.93. The lowest BCUT2D eigenvalue weighted by molar-refractivity contribution is 0.0555. The van der Waals surface area contributed by atoms with Gasteiger partial charge in [0.05, 0.1) is 50.7 Å². The van der Waals surface area contributed by atoms with E-state index in [0.29, 0.717) is 12.8 Å². The van der Waals surface area contributed by atoms with E-state index in [1.807, 2.05) is 24.3 Å². The predicted octanol–water partition coefficient (Wildman–Crippen LogP) is 4.63. The van der Waals surface area contributed by atoms with E-state index >= 15 is 0 Å². The summed E-state index contributed by atoms with van der Waals surface area (Å²) in [6.07, 6.45) is 1.27. The second-order valence-electron chi connectivity index (χ2n) is 9.05. The third kappa shape index (κ3) is 4.14. The predicted molar refractivity (Wildman–Crippen MR) is 139 cm³/mol. The van der Waals surface area contributed by atoms with Crippen LogP contribution in [0, 0.1) is 0 Å². The average Bonchev–Trinajstić information content (AvgIpc) is 2.94. The summed E-state index contributed by atoms with van der Waals surface area (Å²) in [6, 6.07) is 14.7. The summed E-state index contributed by atoms with van der Waals surface area (Å²) in [4.78, 5) is 49.5. The van der Waals surface area contributed by atoms with E-state index in [4.69, 9.17) is 18.9 Å². The number of esters is 4. The summed E-state index contributed by atoms with van der Waals surface area (Å²) in [7, 11) is 5.06. The van der Waals surface area contributed by atoms with Gasteiger partial charge in [0.25, 0.3) is 0 Å². The number of methoxy groups -OCH3 is 4. The van der Waals surface area contributed by atoms with E-state index in [0.717, 1.165) is 43.8 Å². The van der Waals surface area contributed by atoms with E-state index < -0.39 is 23.9 Å². The summed E-state index contributed by atoms with van der Waals surface area (Å²) in [6.45, 7) is 0. The standard InChI is InChI=1S/C30H24O8/c1-35-27(31)23-11-19-7-15-5-17-9-21-13-25(29(33)37-3)26(30(34)38-4)14-22(21)10-18(17)6-16(15)8-20(19)12-24(23)28(32)36-2/h7-14H,5-6H2,1-4H3. The number of ether oxygens (including phenoxy) is 4. The van der Waals surface area contributed by atoms with Gasteiger partial charge in [0.1, 0.15) is 0 Å². The molecule has 4 aromatic carbocycles. The molecule has 4 aromatic rings. The topological polar surface area (TPSA) is 105 Å². The van der Waals surface area contributed by atoms with Gasteiger partial charge in [0.2, 0.25) is 0 Å². The second kappa shape index (κ2) is 9.63. The fourth-order valence-corrected chi connectivity index (χ4v) is 5.07. The van der Waals surface area contributed by atoms with Crippen molar-refractivity contribution < 1.29 is 38.1 Å². The summed E-state index contributed by atoms with van der Waals surface area (Å²) in [5.74, 6) is -2.46. The highest BCUT2D eigenvalue weighted by Gasteiger charge is 2.24. The van der Waals surface area contributed by atoms with Gasteiger partial charge in [-0.2, -0.15) is 0 Å². The van der Waals surface area contributed by atoms with Crippen LogP contribution in [0.1, 0.15) is 63.7 Å².